The van der Waals surface area contributed by atoms with Gasteiger partial charge >= 0.3 is 5.97 Å². The number of fused-ring (bicyclic) bond motifs is 3. The number of methoxy groups -OCH3 is 1. The minimum Gasteiger partial charge on any atom is -0.495 e. The molecule has 0 saturated heterocycles. The smallest absolute Gasteiger partial charge is 0.357 e. The number of halogens is 1. The number of carbonyl (C=O) groups excluding carboxylic acids is 2. The highest BCUT2D eigenvalue weighted by Gasteiger charge is 2.22. The molecule has 6 rings (SSSR count). The summed E-state index contributed by atoms with van der Waals surface area (Å²) in [7, 11) is 1.57. The summed E-state index contributed by atoms with van der Waals surface area (Å²) in [6.07, 6.45) is 2.02. The van der Waals surface area contributed by atoms with Gasteiger partial charge in [-0.15, -0.1) is 0 Å². The number of aromatic nitrogens is 4. The predicted molar refractivity (Wildman–Crippen MR) is 179 cm³/mol. The minimum atomic E-state index is -0.406. The van der Waals surface area contributed by atoms with Gasteiger partial charge in [0.25, 0.3) is 0 Å². The fraction of sp³-hybridized carbons (Fsp3) is 0.257. The highest BCUT2D eigenvalue weighted by atomic mass is 35.5. The Morgan fingerprint density at radius 1 is 0.957 bits per heavy atom. The summed E-state index contributed by atoms with van der Waals surface area (Å²) in [5.41, 5.74) is 4.38. The lowest BCUT2D eigenvalue weighted by Gasteiger charge is -2.14. The van der Waals surface area contributed by atoms with Gasteiger partial charge in [-0.25, -0.2) is 14.5 Å². The molecule has 46 heavy (non-hydrogen) atoms. The number of esters is 1. The molecule has 9 nitrogen and oxygen atoms in total. The van der Waals surface area contributed by atoms with Gasteiger partial charge in [-0.3, -0.25) is 9.20 Å². The number of thiazole rings is 1. The molecule has 0 saturated carbocycles. The number of imidazole rings is 1. The Morgan fingerprint density at radius 3 is 2.41 bits per heavy atom. The molecule has 0 aliphatic rings. The third kappa shape index (κ3) is 6.36. The van der Waals surface area contributed by atoms with E-state index in [4.69, 9.17) is 30.9 Å². The SMILES string of the molecule is CCOC(=O)c1cnc2sc3cc(Oc4ccc(CC(=O)Cc5cc(C(C)(C)C)nn5-c5ccc(OC)c(Cl)c5)cc4)ccc3n12. The van der Waals surface area contributed by atoms with Crippen LogP contribution < -0.4 is 9.47 Å². The number of benzene rings is 3. The number of hydrogen-bond donors (Lipinski definition) is 0. The maximum atomic E-state index is 13.3. The summed E-state index contributed by atoms with van der Waals surface area (Å²) >= 11 is 7.87. The number of nitrogens with zero attached hydrogens (tertiary/aromatic N) is 4. The van der Waals surface area contributed by atoms with Crippen LogP contribution in [0.1, 0.15) is 55.1 Å². The summed E-state index contributed by atoms with van der Waals surface area (Å²) in [5, 5.41) is 5.30. The lowest BCUT2D eigenvalue weighted by Crippen LogP contribution is -2.13. The van der Waals surface area contributed by atoms with Crippen molar-refractivity contribution in [3.05, 3.63) is 101 Å². The van der Waals surface area contributed by atoms with E-state index in [-0.39, 0.29) is 24.0 Å². The zero-order valence-corrected chi connectivity index (χ0v) is 27.7. The zero-order chi connectivity index (χ0) is 32.6. The Balaban J connectivity index is 1.15. The van der Waals surface area contributed by atoms with Crippen molar-refractivity contribution in [3.63, 3.8) is 0 Å². The zero-order valence-electron chi connectivity index (χ0n) is 26.2. The number of Topliss-reactive ketones (excluding diaryl/α,β-unsaturated/α-hetero) is 1. The topological polar surface area (TPSA) is 97.0 Å². The van der Waals surface area contributed by atoms with Crippen molar-refractivity contribution >= 4 is 49.9 Å². The first kappa shape index (κ1) is 31.3. The van der Waals surface area contributed by atoms with Crippen molar-refractivity contribution in [3.8, 4) is 22.9 Å². The van der Waals surface area contributed by atoms with E-state index in [0.29, 0.717) is 39.5 Å². The summed E-state index contributed by atoms with van der Waals surface area (Å²) in [6.45, 7) is 8.34. The Hall–Kier alpha value is -4.67. The highest BCUT2D eigenvalue weighted by molar-refractivity contribution is 7.23. The molecule has 0 radical (unpaired) electrons. The molecule has 0 aliphatic heterocycles. The van der Waals surface area contributed by atoms with Crippen LogP contribution in [0.5, 0.6) is 17.2 Å². The lowest BCUT2D eigenvalue weighted by molar-refractivity contribution is -0.117. The van der Waals surface area contributed by atoms with Gasteiger partial charge in [-0.2, -0.15) is 5.10 Å². The van der Waals surface area contributed by atoms with Crippen LogP contribution in [-0.2, 0) is 27.8 Å². The first-order chi connectivity index (χ1) is 22.0. The molecule has 3 aromatic carbocycles. The number of carbonyl (C=O) groups is 2. The van der Waals surface area contributed by atoms with Crippen LogP contribution in [-0.4, -0.2) is 44.6 Å². The molecule has 0 atom stereocenters. The van der Waals surface area contributed by atoms with Gasteiger partial charge in [0.05, 0.1) is 52.2 Å². The summed E-state index contributed by atoms with van der Waals surface area (Å²) in [5.74, 6) is 1.53. The normalized spacial score (nSPS) is 11.7. The molecule has 6 aromatic rings. The maximum absolute atomic E-state index is 13.3. The van der Waals surface area contributed by atoms with Gasteiger partial charge in [0.1, 0.15) is 23.0 Å². The van der Waals surface area contributed by atoms with Crippen LogP contribution in [0.2, 0.25) is 5.02 Å². The Bertz CT molecular complexity index is 2070. The van der Waals surface area contributed by atoms with E-state index in [2.05, 4.69) is 25.8 Å². The van der Waals surface area contributed by atoms with E-state index >= 15 is 0 Å². The number of ketones is 1. The molecular weight excluding hydrogens is 624 g/mol. The fourth-order valence-electron chi connectivity index (χ4n) is 5.14. The Kier molecular flexibility index (Phi) is 8.59. The van der Waals surface area contributed by atoms with Gasteiger partial charge in [0, 0.05) is 24.3 Å². The second kappa shape index (κ2) is 12.6. The van der Waals surface area contributed by atoms with E-state index < -0.39 is 5.97 Å². The second-order valence-electron chi connectivity index (χ2n) is 11.9. The third-order valence-electron chi connectivity index (χ3n) is 7.46. The molecule has 236 valence electrons. The molecule has 0 bridgehead atoms. The number of rotatable bonds is 10. The van der Waals surface area contributed by atoms with Crippen LogP contribution in [0.3, 0.4) is 0 Å². The predicted octanol–water partition coefficient (Wildman–Crippen LogP) is 8.02. The first-order valence-corrected chi connectivity index (χ1v) is 16.0. The average Bonchev–Trinajstić information content (AvgIpc) is 3.72. The molecule has 11 heteroatoms. The average molecular weight is 657 g/mol. The van der Waals surface area contributed by atoms with Gasteiger partial charge in [-0.05, 0) is 61.0 Å². The molecule has 0 unspecified atom stereocenters. The summed E-state index contributed by atoms with van der Waals surface area (Å²) < 4.78 is 21.1. The number of ether oxygens (including phenoxy) is 3. The molecule has 0 fully saturated rings. The first-order valence-electron chi connectivity index (χ1n) is 14.8. The van der Waals surface area contributed by atoms with Crippen LogP contribution in [0.25, 0.3) is 20.9 Å². The van der Waals surface area contributed by atoms with Gasteiger partial charge in [0.2, 0.25) is 0 Å². The summed E-state index contributed by atoms with van der Waals surface area (Å²) in [4.78, 5) is 30.7. The highest BCUT2D eigenvalue weighted by Crippen LogP contribution is 2.33. The van der Waals surface area contributed by atoms with Crippen molar-refractivity contribution in [1.29, 1.82) is 0 Å². The fourth-order valence-corrected chi connectivity index (χ4v) is 6.42. The van der Waals surface area contributed by atoms with Crippen LogP contribution in [0, 0.1) is 0 Å². The largest absolute Gasteiger partial charge is 0.495 e. The van der Waals surface area contributed by atoms with E-state index in [0.717, 1.165) is 32.9 Å². The van der Waals surface area contributed by atoms with E-state index in [1.54, 1.807) is 35.2 Å². The van der Waals surface area contributed by atoms with Crippen molar-refractivity contribution < 1.29 is 23.8 Å². The van der Waals surface area contributed by atoms with Crippen molar-refractivity contribution in [2.45, 2.75) is 46.0 Å². The van der Waals surface area contributed by atoms with Crippen LogP contribution >= 0.6 is 22.9 Å². The van der Waals surface area contributed by atoms with Gasteiger partial charge < -0.3 is 14.2 Å². The van der Waals surface area contributed by atoms with E-state index in [9.17, 15) is 9.59 Å². The van der Waals surface area contributed by atoms with Crippen molar-refractivity contribution in [2.75, 3.05) is 13.7 Å². The van der Waals surface area contributed by atoms with E-state index in [1.807, 2.05) is 54.6 Å². The van der Waals surface area contributed by atoms with Gasteiger partial charge in [0.15, 0.2) is 10.7 Å². The lowest BCUT2D eigenvalue weighted by atomic mass is 9.92. The molecule has 3 aromatic heterocycles. The van der Waals surface area contributed by atoms with Crippen LogP contribution in [0.4, 0.5) is 0 Å². The minimum absolute atomic E-state index is 0.0604. The van der Waals surface area contributed by atoms with E-state index in [1.165, 1.54) is 17.5 Å². The van der Waals surface area contributed by atoms with Crippen LogP contribution in [0.15, 0.2) is 72.9 Å². The van der Waals surface area contributed by atoms with Crippen molar-refractivity contribution in [1.82, 2.24) is 19.2 Å². The molecule has 0 aliphatic carbocycles. The molecule has 0 amide bonds. The molecule has 3 heterocycles. The third-order valence-corrected chi connectivity index (χ3v) is 8.77. The van der Waals surface area contributed by atoms with Gasteiger partial charge in [-0.1, -0.05) is 55.8 Å². The van der Waals surface area contributed by atoms with Crippen molar-refractivity contribution in [2.24, 2.45) is 0 Å². The maximum Gasteiger partial charge on any atom is 0.357 e. The Labute approximate surface area is 275 Å². The summed E-state index contributed by atoms with van der Waals surface area (Å²) in [6, 6.07) is 20.7. The monoisotopic (exact) mass is 656 g/mol. The quantitative estimate of drug-likeness (QED) is 0.138. The second-order valence-corrected chi connectivity index (χ2v) is 13.3. The Morgan fingerprint density at radius 2 is 1.72 bits per heavy atom. The molecule has 0 spiro atoms. The molecular formula is C35H33ClN4O5S. The standard InChI is InChI=1S/C35H33ClN4O5S/c1-6-44-33(42)29-20-37-34-39(29)28-13-12-26(19-31(28)46-34)45-25-10-7-21(8-11-25)15-24(41)16-23-18-32(35(2,3)4)38-40(23)22-9-14-30(43-5)27(36)17-22/h7-14,17-20H,6,15-16H2,1-5H3. The number of hydrogen-bond acceptors (Lipinski definition) is 8. The molecule has 0 N–H and O–H groups in total.